The van der Waals surface area contributed by atoms with Crippen LogP contribution >= 0.6 is 0 Å². The number of carbonyl (C=O) groups excluding carboxylic acids is 1. The first kappa shape index (κ1) is 25.2. The third-order valence-corrected chi connectivity index (χ3v) is 5.68. The molecule has 0 atom stereocenters. The van der Waals surface area contributed by atoms with Crippen LogP contribution in [0.25, 0.3) is 6.08 Å². The lowest BCUT2D eigenvalue weighted by Crippen LogP contribution is -2.31. The van der Waals surface area contributed by atoms with Crippen LogP contribution in [-0.4, -0.2) is 23.6 Å². The summed E-state index contributed by atoms with van der Waals surface area (Å²) in [6.07, 6.45) is 3.60. The van der Waals surface area contributed by atoms with E-state index >= 15 is 0 Å². The van der Waals surface area contributed by atoms with Crippen molar-refractivity contribution in [1.82, 2.24) is 0 Å². The Kier molecular flexibility index (Phi) is 8.64. The molecular formula is C27H35NO4. The Morgan fingerprint density at radius 2 is 1.78 bits per heavy atom. The van der Waals surface area contributed by atoms with Gasteiger partial charge in [-0.2, -0.15) is 0 Å². The molecule has 172 valence electrons. The van der Waals surface area contributed by atoms with Gasteiger partial charge in [0.1, 0.15) is 5.75 Å². The summed E-state index contributed by atoms with van der Waals surface area (Å²) in [7, 11) is 0. The summed E-state index contributed by atoms with van der Waals surface area (Å²) in [4.78, 5) is 24.1. The van der Waals surface area contributed by atoms with Crippen LogP contribution in [-0.2, 0) is 9.59 Å². The number of anilines is 1. The number of rotatable bonds is 10. The van der Waals surface area contributed by atoms with Crippen LogP contribution in [0.3, 0.4) is 0 Å². The van der Waals surface area contributed by atoms with Crippen molar-refractivity contribution in [3.63, 3.8) is 0 Å². The van der Waals surface area contributed by atoms with E-state index in [0.717, 1.165) is 34.4 Å². The van der Waals surface area contributed by atoms with Gasteiger partial charge in [0.15, 0.2) is 0 Å². The van der Waals surface area contributed by atoms with Gasteiger partial charge in [0.25, 0.3) is 0 Å². The van der Waals surface area contributed by atoms with Crippen LogP contribution in [0.4, 0.5) is 5.69 Å². The van der Waals surface area contributed by atoms with Gasteiger partial charge >= 0.3 is 5.97 Å². The van der Waals surface area contributed by atoms with E-state index in [-0.39, 0.29) is 5.91 Å². The van der Waals surface area contributed by atoms with Gasteiger partial charge < -0.3 is 15.2 Å². The third kappa shape index (κ3) is 6.98. The van der Waals surface area contributed by atoms with Crippen LogP contribution in [0.5, 0.6) is 5.75 Å². The molecule has 1 amide bonds. The molecule has 0 aliphatic carbocycles. The highest BCUT2D eigenvalue weighted by atomic mass is 16.5. The fourth-order valence-electron chi connectivity index (χ4n) is 3.39. The average Bonchev–Trinajstić information content (AvgIpc) is 2.72. The van der Waals surface area contributed by atoms with Gasteiger partial charge in [-0.15, -0.1) is 0 Å². The number of hydrogen-bond donors (Lipinski definition) is 2. The zero-order valence-corrected chi connectivity index (χ0v) is 20.0. The monoisotopic (exact) mass is 437 g/mol. The first-order chi connectivity index (χ1) is 15.0. The van der Waals surface area contributed by atoms with Crippen LogP contribution in [0, 0.1) is 26.2 Å². The number of aryl methyl sites for hydroxylation is 3. The molecule has 0 bridgehead atoms. The molecule has 0 saturated carbocycles. The largest absolute Gasteiger partial charge is 0.493 e. The standard InChI is InChI=1S/C27H35NO4/c1-7-21(25(29)30)17-22-11-12-23(16-20(22)4)28-26(31)27(5,6)13-8-14-32-24-15-18(2)9-10-19(24)3/h9-12,15-17H,7-8,13-14H2,1-6H3,(H,28,31)(H,29,30)/b21-17+. The second kappa shape index (κ2) is 11.0. The molecule has 2 aromatic carbocycles. The molecule has 0 aromatic heterocycles. The topological polar surface area (TPSA) is 75.6 Å². The average molecular weight is 438 g/mol. The maximum Gasteiger partial charge on any atom is 0.331 e. The molecule has 0 heterocycles. The zero-order valence-electron chi connectivity index (χ0n) is 20.0. The van der Waals surface area contributed by atoms with Gasteiger partial charge in [-0.05, 0) is 86.6 Å². The van der Waals surface area contributed by atoms with Gasteiger partial charge in [-0.1, -0.05) is 39.0 Å². The highest BCUT2D eigenvalue weighted by Crippen LogP contribution is 2.27. The number of benzene rings is 2. The minimum atomic E-state index is -0.910. The van der Waals surface area contributed by atoms with E-state index < -0.39 is 11.4 Å². The molecule has 2 aromatic rings. The number of carbonyl (C=O) groups is 2. The number of amides is 1. The number of ether oxygens (including phenoxy) is 1. The molecule has 0 aliphatic rings. The smallest absolute Gasteiger partial charge is 0.331 e. The van der Waals surface area contributed by atoms with Crippen molar-refractivity contribution in [2.24, 2.45) is 5.41 Å². The molecule has 0 unspecified atom stereocenters. The number of nitrogens with one attached hydrogen (secondary N) is 1. The zero-order chi connectivity index (χ0) is 23.9. The van der Waals surface area contributed by atoms with Crippen LogP contribution in [0.2, 0.25) is 0 Å². The van der Waals surface area contributed by atoms with E-state index in [2.05, 4.69) is 17.4 Å². The Labute approximate surface area is 191 Å². The highest BCUT2D eigenvalue weighted by molar-refractivity contribution is 5.95. The minimum Gasteiger partial charge on any atom is -0.493 e. The lowest BCUT2D eigenvalue weighted by molar-refractivity contribution is -0.132. The first-order valence-electron chi connectivity index (χ1n) is 11.1. The lowest BCUT2D eigenvalue weighted by atomic mass is 9.86. The normalized spacial score (nSPS) is 11.9. The summed E-state index contributed by atoms with van der Waals surface area (Å²) < 4.78 is 5.92. The highest BCUT2D eigenvalue weighted by Gasteiger charge is 2.27. The van der Waals surface area contributed by atoms with Crippen LogP contribution < -0.4 is 10.1 Å². The van der Waals surface area contributed by atoms with Gasteiger partial charge in [0.2, 0.25) is 5.91 Å². The van der Waals surface area contributed by atoms with Crippen molar-refractivity contribution < 1.29 is 19.4 Å². The summed E-state index contributed by atoms with van der Waals surface area (Å²) in [5.41, 5.74) is 4.54. The van der Waals surface area contributed by atoms with Crippen LogP contribution in [0.15, 0.2) is 42.0 Å². The Morgan fingerprint density at radius 1 is 1.06 bits per heavy atom. The molecule has 0 spiro atoms. The Morgan fingerprint density at radius 3 is 2.41 bits per heavy atom. The van der Waals surface area contributed by atoms with Crippen LogP contribution in [0.1, 0.15) is 62.3 Å². The SMILES string of the molecule is CC/C(=C\c1ccc(NC(=O)C(C)(C)CCCOc2cc(C)ccc2C)cc1C)C(=O)O. The second-order valence-electron chi connectivity index (χ2n) is 8.96. The first-order valence-corrected chi connectivity index (χ1v) is 11.1. The van der Waals surface area contributed by atoms with Gasteiger partial charge in [0.05, 0.1) is 6.61 Å². The molecule has 2 rings (SSSR count). The predicted molar refractivity (Wildman–Crippen MR) is 130 cm³/mol. The molecular weight excluding hydrogens is 402 g/mol. The number of aliphatic carboxylic acids is 1. The maximum absolute atomic E-state index is 12.9. The molecule has 0 radical (unpaired) electrons. The van der Waals surface area contributed by atoms with E-state index in [9.17, 15) is 14.7 Å². The van der Waals surface area contributed by atoms with E-state index in [1.807, 2.05) is 65.8 Å². The van der Waals surface area contributed by atoms with Gasteiger partial charge in [-0.3, -0.25) is 4.79 Å². The van der Waals surface area contributed by atoms with Crippen molar-refractivity contribution in [3.05, 3.63) is 64.2 Å². The number of carboxylic acids is 1. The van der Waals surface area contributed by atoms with E-state index in [0.29, 0.717) is 30.7 Å². The molecule has 2 N–H and O–H groups in total. The van der Waals surface area contributed by atoms with E-state index in [4.69, 9.17) is 4.74 Å². The quantitative estimate of drug-likeness (QED) is 0.337. The molecule has 5 heteroatoms. The molecule has 0 saturated heterocycles. The number of carboxylic acid groups (broad SMARTS) is 1. The maximum atomic E-state index is 12.9. The summed E-state index contributed by atoms with van der Waals surface area (Å²) >= 11 is 0. The fraction of sp³-hybridized carbons (Fsp3) is 0.407. The Balaban J connectivity index is 1.94. The summed E-state index contributed by atoms with van der Waals surface area (Å²) in [6.45, 7) is 12.2. The summed E-state index contributed by atoms with van der Waals surface area (Å²) in [6, 6.07) is 11.7. The molecule has 0 fully saturated rings. The van der Waals surface area contributed by atoms with Crippen molar-refractivity contribution >= 4 is 23.6 Å². The van der Waals surface area contributed by atoms with Crippen molar-refractivity contribution in [3.8, 4) is 5.75 Å². The summed E-state index contributed by atoms with van der Waals surface area (Å²) in [5, 5.41) is 12.2. The van der Waals surface area contributed by atoms with Gasteiger partial charge in [0, 0.05) is 16.7 Å². The Hall–Kier alpha value is -3.08. The minimum absolute atomic E-state index is 0.0493. The second-order valence-corrected chi connectivity index (χ2v) is 8.96. The Bertz CT molecular complexity index is 1000. The van der Waals surface area contributed by atoms with Gasteiger partial charge in [-0.25, -0.2) is 4.79 Å². The third-order valence-electron chi connectivity index (χ3n) is 5.68. The fourth-order valence-corrected chi connectivity index (χ4v) is 3.39. The lowest BCUT2D eigenvalue weighted by Gasteiger charge is -2.24. The molecule has 5 nitrogen and oxygen atoms in total. The number of hydrogen-bond acceptors (Lipinski definition) is 3. The molecule has 0 aliphatic heterocycles. The van der Waals surface area contributed by atoms with E-state index in [1.165, 1.54) is 0 Å². The molecule has 32 heavy (non-hydrogen) atoms. The van der Waals surface area contributed by atoms with Crippen molar-refractivity contribution in [2.45, 2.75) is 60.8 Å². The van der Waals surface area contributed by atoms with E-state index in [1.54, 1.807) is 6.08 Å². The summed E-state index contributed by atoms with van der Waals surface area (Å²) in [5.74, 6) is -0.0646. The van der Waals surface area contributed by atoms with Crippen molar-refractivity contribution in [1.29, 1.82) is 0 Å². The predicted octanol–water partition coefficient (Wildman–Crippen LogP) is 6.31. The van der Waals surface area contributed by atoms with Crippen molar-refractivity contribution in [2.75, 3.05) is 11.9 Å².